The second-order valence-electron chi connectivity index (χ2n) is 3.35. The van der Waals surface area contributed by atoms with Crippen LogP contribution in [0.5, 0.6) is 0 Å². The molecule has 0 amide bonds. The van der Waals surface area contributed by atoms with Gasteiger partial charge in [0.2, 0.25) is 0 Å². The topological polar surface area (TPSA) is 29.5 Å². The zero-order valence-corrected chi connectivity index (χ0v) is 11.1. The lowest BCUT2D eigenvalue weighted by Gasteiger charge is -2.13. The molecule has 1 aromatic rings. The molecule has 1 aromatic carbocycles. The Balaban J connectivity index is 2.28. The molecule has 4 heteroatoms. The largest absolute Gasteiger partial charge is 0.495 e. The van der Waals surface area contributed by atoms with Crippen LogP contribution in [0.3, 0.4) is 0 Å². The lowest BCUT2D eigenvalue weighted by atomic mass is 10.1. The van der Waals surface area contributed by atoms with E-state index >= 15 is 0 Å². The second-order valence-corrected chi connectivity index (χ2v) is 5.18. The van der Waals surface area contributed by atoms with Gasteiger partial charge >= 0.3 is 0 Å². The van der Waals surface area contributed by atoms with Gasteiger partial charge in [-0.15, -0.1) is 0 Å². The van der Waals surface area contributed by atoms with Gasteiger partial charge in [-0.2, -0.15) is 0 Å². The van der Waals surface area contributed by atoms with Crippen LogP contribution in [-0.4, -0.2) is 11.7 Å². The molecule has 0 bridgehead atoms. The minimum Gasteiger partial charge on any atom is -0.495 e. The summed E-state index contributed by atoms with van der Waals surface area (Å²) in [7, 11) is 0. The summed E-state index contributed by atoms with van der Waals surface area (Å²) in [6.45, 7) is 0.668. The van der Waals surface area contributed by atoms with E-state index in [2.05, 4.69) is 31.9 Å². The fourth-order valence-electron chi connectivity index (χ4n) is 1.52. The molecule has 1 heterocycles. The van der Waals surface area contributed by atoms with Gasteiger partial charge in [0, 0.05) is 15.4 Å². The van der Waals surface area contributed by atoms with Crippen molar-refractivity contribution in [3.8, 4) is 0 Å². The van der Waals surface area contributed by atoms with Crippen molar-refractivity contribution in [2.45, 2.75) is 12.5 Å². The van der Waals surface area contributed by atoms with E-state index in [1.807, 2.05) is 24.3 Å². The van der Waals surface area contributed by atoms with E-state index in [1.54, 1.807) is 0 Å². The van der Waals surface area contributed by atoms with E-state index in [9.17, 15) is 5.11 Å². The van der Waals surface area contributed by atoms with Crippen LogP contribution in [-0.2, 0) is 4.74 Å². The predicted octanol–water partition coefficient (Wildman–Crippen LogP) is 3.55. The average molecular weight is 334 g/mol. The molecule has 0 spiro atoms. The Morgan fingerprint density at radius 3 is 2.40 bits per heavy atom. The number of aliphatic hydroxyl groups excluding tert-OH is 1. The van der Waals surface area contributed by atoms with Crippen LogP contribution in [0.15, 0.2) is 39.0 Å². The summed E-state index contributed by atoms with van der Waals surface area (Å²) in [5, 5.41) is 10.0. The molecule has 80 valence electrons. The Labute approximate surface area is 105 Å². The molecule has 15 heavy (non-hydrogen) atoms. The van der Waals surface area contributed by atoms with Crippen LogP contribution in [0.25, 0.3) is 0 Å². The molecule has 0 saturated carbocycles. The van der Waals surface area contributed by atoms with Crippen molar-refractivity contribution in [2.75, 3.05) is 6.61 Å². The number of rotatable bonds is 2. The fraction of sp³-hybridized carbons (Fsp3) is 0.273. The maximum absolute atomic E-state index is 10.0. The molecule has 2 rings (SSSR count). The summed E-state index contributed by atoms with van der Waals surface area (Å²) < 4.78 is 7.20. The van der Waals surface area contributed by atoms with Crippen molar-refractivity contribution < 1.29 is 9.84 Å². The molecule has 0 saturated heterocycles. The third-order valence-electron chi connectivity index (χ3n) is 2.20. The van der Waals surface area contributed by atoms with Crippen molar-refractivity contribution in [1.29, 1.82) is 0 Å². The van der Waals surface area contributed by atoms with Crippen molar-refractivity contribution in [2.24, 2.45) is 0 Å². The van der Waals surface area contributed by atoms with Crippen molar-refractivity contribution >= 4 is 31.9 Å². The molecule has 1 aliphatic rings. The van der Waals surface area contributed by atoms with Gasteiger partial charge in [0.05, 0.1) is 6.61 Å². The van der Waals surface area contributed by atoms with E-state index in [-0.39, 0.29) is 0 Å². The lowest BCUT2D eigenvalue weighted by Crippen LogP contribution is -2.02. The van der Waals surface area contributed by atoms with Crippen LogP contribution < -0.4 is 0 Å². The third-order valence-corrected chi connectivity index (χ3v) is 3.12. The maximum Gasteiger partial charge on any atom is 0.136 e. The van der Waals surface area contributed by atoms with E-state index < -0.39 is 6.10 Å². The van der Waals surface area contributed by atoms with Crippen LogP contribution in [0.4, 0.5) is 0 Å². The monoisotopic (exact) mass is 332 g/mol. The first-order valence-corrected chi connectivity index (χ1v) is 6.22. The highest BCUT2D eigenvalue weighted by atomic mass is 79.9. The van der Waals surface area contributed by atoms with E-state index in [1.165, 1.54) is 0 Å². The van der Waals surface area contributed by atoms with Gasteiger partial charge in [-0.1, -0.05) is 31.9 Å². The number of aliphatic hydroxyl groups is 1. The SMILES string of the molecule is OC(C1=CCCO1)c1cc(Br)cc(Br)c1. The summed E-state index contributed by atoms with van der Waals surface area (Å²) in [5.74, 6) is 0.653. The van der Waals surface area contributed by atoms with Gasteiger partial charge in [0.25, 0.3) is 0 Å². The fourth-order valence-corrected chi connectivity index (χ4v) is 2.85. The second kappa shape index (κ2) is 4.68. The Morgan fingerprint density at radius 1 is 1.20 bits per heavy atom. The Bertz CT molecular complexity index is 381. The van der Waals surface area contributed by atoms with Crippen molar-refractivity contribution in [1.82, 2.24) is 0 Å². The van der Waals surface area contributed by atoms with Gasteiger partial charge in [-0.3, -0.25) is 0 Å². The molecule has 1 atom stereocenters. The molecule has 1 N–H and O–H groups in total. The first-order valence-electron chi connectivity index (χ1n) is 4.64. The highest BCUT2D eigenvalue weighted by molar-refractivity contribution is 9.11. The molecular formula is C11H10Br2O2. The quantitative estimate of drug-likeness (QED) is 0.896. The van der Waals surface area contributed by atoms with Gasteiger partial charge in [0.15, 0.2) is 0 Å². The third kappa shape index (κ3) is 2.62. The molecule has 1 unspecified atom stereocenters. The Kier molecular flexibility index (Phi) is 3.49. The van der Waals surface area contributed by atoms with Crippen molar-refractivity contribution in [3.63, 3.8) is 0 Å². The molecular weight excluding hydrogens is 324 g/mol. The van der Waals surface area contributed by atoms with Gasteiger partial charge in [-0.25, -0.2) is 0 Å². The molecule has 0 fully saturated rings. The standard InChI is InChI=1S/C11H10Br2O2/c12-8-4-7(5-9(13)6-8)11(14)10-2-1-3-15-10/h2,4-6,11,14H,1,3H2. The van der Waals surface area contributed by atoms with Crippen LogP contribution in [0.2, 0.25) is 0 Å². The van der Waals surface area contributed by atoms with Crippen LogP contribution in [0, 0.1) is 0 Å². The molecule has 0 radical (unpaired) electrons. The number of halogens is 2. The molecule has 1 aliphatic heterocycles. The van der Waals surface area contributed by atoms with Crippen molar-refractivity contribution in [3.05, 3.63) is 44.5 Å². The highest BCUT2D eigenvalue weighted by Crippen LogP contribution is 2.30. The summed E-state index contributed by atoms with van der Waals surface area (Å²) >= 11 is 6.78. The minimum atomic E-state index is -0.665. The van der Waals surface area contributed by atoms with E-state index in [0.29, 0.717) is 12.4 Å². The summed E-state index contributed by atoms with van der Waals surface area (Å²) in [5.41, 5.74) is 0.824. The van der Waals surface area contributed by atoms with E-state index in [0.717, 1.165) is 20.9 Å². The van der Waals surface area contributed by atoms with E-state index in [4.69, 9.17) is 4.74 Å². The lowest BCUT2D eigenvalue weighted by molar-refractivity contribution is 0.119. The minimum absolute atomic E-state index is 0.653. The first-order chi connectivity index (χ1) is 7.16. The number of hydrogen-bond acceptors (Lipinski definition) is 2. The van der Waals surface area contributed by atoms with Crippen LogP contribution >= 0.6 is 31.9 Å². The Morgan fingerprint density at radius 2 is 1.87 bits per heavy atom. The smallest absolute Gasteiger partial charge is 0.136 e. The molecule has 0 aliphatic carbocycles. The zero-order valence-electron chi connectivity index (χ0n) is 7.91. The predicted molar refractivity (Wildman–Crippen MR) is 65.5 cm³/mol. The number of benzene rings is 1. The van der Waals surface area contributed by atoms with Gasteiger partial charge in [0.1, 0.15) is 11.9 Å². The summed E-state index contributed by atoms with van der Waals surface area (Å²) in [6, 6.07) is 5.70. The van der Waals surface area contributed by atoms with Gasteiger partial charge < -0.3 is 9.84 Å². The maximum atomic E-state index is 10.0. The summed E-state index contributed by atoms with van der Waals surface area (Å²) in [6.07, 6.45) is 2.14. The Hall–Kier alpha value is -0.320. The molecule has 2 nitrogen and oxygen atoms in total. The van der Waals surface area contributed by atoms with Gasteiger partial charge in [-0.05, 0) is 29.8 Å². The number of ether oxygens (including phenoxy) is 1. The molecule has 0 aromatic heterocycles. The van der Waals surface area contributed by atoms with Crippen LogP contribution in [0.1, 0.15) is 18.1 Å². The average Bonchev–Trinajstić information content (AvgIpc) is 2.67. The first kappa shape index (κ1) is 11.2. The zero-order chi connectivity index (χ0) is 10.8. The normalized spacial score (nSPS) is 17.1. The summed E-state index contributed by atoms with van der Waals surface area (Å²) in [4.78, 5) is 0. The highest BCUT2D eigenvalue weighted by Gasteiger charge is 2.18. The number of hydrogen-bond donors (Lipinski definition) is 1.